The molecule has 19 heavy (non-hydrogen) atoms. The number of hydrogen-bond donors (Lipinski definition) is 4. The van der Waals surface area contributed by atoms with Crippen molar-refractivity contribution in [3.63, 3.8) is 0 Å². The zero-order valence-corrected chi connectivity index (χ0v) is 11.9. The van der Waals surface area contributed by atoms with Crippen LogP contribution in [0.1, 0.15) is 13.8 Å². The number of carbonyl (C=O) groups is 3. The van der Waals surface area contributed by atoms with Crippen LogP contribution in [-0.2, 0) is 4.79 Å². The number of hydrogen-bond acceptors (Lipinski definition) is 4. The largest absolute Gasteiger partial charge is 0.338 e. The van der Waals surface area contributed by atoms with Crippen molar-refractivity contribution in [2.24, 2.45) is 0 Å². The molecule has 0 aliphatic heterocycles. The van der Waals surface area contributed by atoms with Gasteiger partial charge in [0.15, 0.2) is 0 Å². The predicted molar refractivity (Wildman–Crippen MR) is 71.8 cm³/mol. The zero-order chi connectivity index (χ0) is 14.8. The topological polar surface area (TPSA) is 103 Å². The Labute approximate surface area is 113 Å². The standard InChI is InChI=1S/C11H23N5O3/c1-5-12-10(18)15-9(17)8(2)13-6-7-14-11(19)16(3)4/h8,13H,5-7H2,1-4H3,(H,14,19)(H2,12,15,17,18). The van der Waals surface area contributed by atoms with Crippen molar-refractivity contribution in [3.8, 4) is 0 Å². The number of carbonyl (C=O) groups excluding carboxylic acids is 3. The highest BCUT2D eigenvalue weighted by molar-refractivity contribution is 5.96. The lowest BCUT2D eigenvalue weighted by Crippen LogP contribution is -2.49. The average Bonchev–Trinajstić information content (AvgIpc) is 2.33. The van der Waals surface area contributed by atoms with Crippen molar-refractivity contribution < 1.29 is 14.4 Å². The molecule has 0 fully saturated rings. The third-order valence-electron chi connectivity index (χ3n) is 2.23. The second-order valence-corrected chi connectivity index (χ2v) is 4.15. The van der Waals surface area contributed by atoms with E-state index in [1.165, 1.54) is 4.90 Å². The summed E-state index contributed by atoms with van der Waals surface area (Å²) in [6, 6.07) is -1.22. The Bertz CT molecular complexity index is 319. The minimum absolute atomic E-state index is 0.193. The summed E-state index contributed by atoms with van der Waals surface area (Å²) in [5, 5.41) is 10.2. The fourth-order valence-electron chi connectivity index (χ4n) is 1.13. The van der Waals surface area contributed by atoms with Crippen molar-refractivity contribution in [2.45, 2.75) is 19.9 Å². The summed E-state index contributed by atoms with van der Waals surface area (Å²) in [7, 11) is 3.29. The molecule has 1 unspecified atom stereocenters. The molecule has 0 bridgehead atoms. The lowest BCUT2D eigenvalue weighted by molar-refractivity contribution is -0.121. The van der Waals surface area contributed by atoms with Crippen LogP contribution in [0.2, 0.25) is 0 Å². The monoisotopic (exact) mass is 273 g/mol. The van der Waals surface area contributed by atoms with E-state index in [0.29, 0.717) is 19.6 Å². The van der Waals surface area contributed by atoms with Gasteiger partial charge in [0, 0.05) is 33.7 Å². The molecule has 0 radical (unpaired) electrons. The molecule has 0 heterocycles. The Hall–Kier alpha value is -1.83. The van der Waals surface area contributed by atoms with Gasteiger partial charge in [-0.2, -0.15) is 0 Å². The van der Waals surface area contributed by atoms with Gasteiger partial charge in [-0.05, 0) is 13.8 Å². The van der Waals surface area contributed by atoms with Gasteiger partial charge in [-0.25, -0.2) is 9.59 Å². The van der Waals surface area contributed by atoms with Crippen molar-refractivity contribution in [1.29, 1.82) is 0 Å². The van der Waals surface area contributed by atoms with E-state index in [2.05, 4.69) is 21.3 Å². The molecule has 0 aromatic heterocycles. The van der Waals surface area contributed by atoms with Crippen LogP contribution in [0.4, 0.5) is 9.59 Å². The fourth-order valence-corrected chi connectivity index (χ4v) is 1.13. The third-order valence-corrected chi connectivity index (χ3v) is 2.23. The van der Waals surface area contributed by atoms with Gasteiger partial charge in [0.25, 0.3) is 0 Å². The first-order valence-electron chi connectivity index (χ1n) is 6.15. The first-order chi connectivity index (χ1) is 8.88. The normalized spacial score (nSPS) is 11.4. The molecule has 0 rings (SSSR count). The number of amides is 5. The van der Waals surface area contributed by atoms with Gasteiger partial charge in [-0.1, -0.05) is 0 Å². The quantitative estimate of drug-likeness (QED) is 0.470. The van der Waals surface area contributed by atoms with E-state index in [1.807, 2.05) is 0 Å². The lowest BCUT2D eigenvalue weighted by Gasteiger charge is -2.15. The maximum absolute atomic E-state index is 11.5. The molecule has 4 N–H and O–H groups in total. The van der Waals surface area contributed by atoms with Crippen molar-refractivity contribution >= 4 is 18.0 Å². The van der Waals surface area contributed by atoms with Gasteiger partial charge < -0.3 is 20.9 Å². The SMILES string of the molecule is CCNC(=O)NC(=O)C(C)NCCNC(=O)N(C)C. The highest BCUT2D eigenvalue weighted by Crippen LogP contribution is 1.82. The van der Waals surface area contributed by atoms with Crippen LogP contribution in [0, 0.1) is 0 Å². The lowest BCUT2D eigenvalue weighted by atomic mass is 10.3. The summed E-state index contributed by atoms with van der Waals surface area (Å²) >= 11 is 0. The van der Waals surface area contributed by atoms with E-state index in [-0.39, 0.29) is 6.03 Å². The summed E-state index contributed by atoms with van der Waals surface area (Å²) in [6.45, 7) is 4.69. The fraction of sp³-hybridized carbons (Fsp3) is 0.727. The van der Waals surface area contributed by atoms with Crippen LogP contribution in [-0.4, -0.2) is 62.6 Å². The number of nitrogens with zero attached hydrogens (tertiary/aromatic N) is 1. The van der Waals surface area contributed by atoms with Crippen LogP contribution in [0.3, 0.4) is 0 Å². The van der Waals surface area contributed by atoms with Crippen LogP contribution >= 0.6 is 0 Å². The summed E-state index contributed by atoms with van der Waals surface area (Å²) < 4.78 is 0. The Morgan fingerprint density at radius 1 is 1.11 bits per heavy atom. The molecule has 0 spiro atoms. The molecule has 1 atom stereocenters. The Balaban J connectivity index is 3.79. The maximum Gasteiger partial charge on any atom is 0.321 e. The van der Waals surface area contributed by atoms with Crippen LogP contribution in [0.25, 0.3) is 0 Å². The van der Waals surface area contributed by atoms with Crippen LogP contribution < -0.4 is 21.3 Å². The molecule has 0 aromatic rings. The molecule has 5 amide bonds. The summed E-state index contributed by atoms with van der Waals surface area (Å²) in [6.07, 6.45) is 0. The number of imide groups is 1. The van der Waals surface area contributed by atoms with E-state index in [0.717, 1.165) is 0 Å². The van der Waals surface area contributed by atoms with E-state index in [9.17, 15) is 14.4 Å². The summed E-state index contributed by atoms with van der Waals surface area (Å²) in [4.78, 5) is 35.3. The number of nitrogens with one attached hydrogen (secondary N) is 4. The second kappa shape index (κ2) is 9.15. The minimum atomic E-state index is -0.515. The van der Waals surface area contributed by atoms with Crippen LogP contribution in [0.15, 0.2) is 0 Å². The van der Waals surface area contributed by atoms with E-state index < -0.39 is 18.0 Å². The molecular formula is C11H23N5O3. The minimum Gasteiger partial charge on any atom is -0.338 e. The molecule has 0 aromatic carbocycles. The molecule has 110 valence electrons. The van der Waals surface area contributed by atoms with Gasteiger partial charge in [-0.15, -0.1) is 0 Å². The molecule has 0 saturated heterocycles. The van der Waals surface area contributed by atoms with Gasteiger partial charge in [0.2, 0.25) is 5.91 Å². The molecule has 8 heteroatoms. The van der Waals surface area contributed by atoms with Gasteiger partial charge in [0.1, 0.15) is 0 Å². The van der Waals surface area contributed by atoms with E-state index in [4.69, 9.17) is 0 Å². The predicted octanol–water partition coefficient (Wildman–Crippen LogP) is -0.919. The molecule has 0 saturated carbocycles. The molecule has 0 aliphatic carbocycles. The number of rotatable bonds is 6. The van der Waals surface area contributed by atoms with E-state index in [1.54, 1.807) is 27.9 Å². The van der Waals surface area contributed by atoms with Crippen LogP contribution in [0.5, 0.6) is 0 Å². The first kappa shape index (κ1) is 17.2. The van der Waals surface area contributed by atoms with E-state index >= 15 is 0 Å². The van der Waals surface area contributed by atoms with Gasteiger partial charge in [0.05, 0.1) is 6.04 Å². The highest BCUT2D eigenvalue weighted by atomic mass is 16.2. The van der Waals surface area contributed by atoms with Gasteiger partial charge in [-0.3, -0.25) is 10.1 Å². The maximum atomic E-state index is 11.5. The van der Waals surface area contributed by atoms with Crippen molar-refractivity contribution in [2.75, 3.05) is 33.7 Å². The average molecular weight is 273 g/mol. The third kappa shape index (κ3) is 7.98. The van der Waals surface area contributed by atoms with Crippen molar-refractivity contribution in [3.05, 3.63) is 0 Å². The second-order valence-electron chi connectivity index (χ2n) is 4.15. The Kier molecular flexibility index (Phi) is 8.27. The van der Waals surface area contributed by atoms with Gasteiger partial charge >= 0.3 is 12.1 Å². The van der Waals surface area contributed by atoms with Crippen molar-refractivity contribution in [1.82, 2.24) is 26.2 Å². The smallest absolute Gasteiger partial charge is 0.321 e. The Morgan fingerprint density at radius 2 is 1.74 bits per heavy atom. The number of urea groups is 2. The molecular weight excluding hydrogens is 250 g/mol. The molecule has 8 nitrogen and oxygen atoms in total. The highest BCUT2D eigenvalue weighted by Gasteiger charge is 2.14. The summed E-state index contributed by atoms with van der Waals surface area (Å²) in [5.74, 6) is -0.412. The zero-order valence-electron chi connectivity index (χ0n) is 11.9. The first-order valence-corrected chi connectivity index (χ1v) is 6.15. The Morgan fingerprint density at radius 3 is 2.26 bits per heavy atom. The summed E-state index contributed by atoms with van der Waals surface area (Å²) in [5.41, 5.74) is 0. The molecule has 0 aliphatic rings.